The molecule has 0 fully saturated rings. The van der Waals surface area contributed by atoms with Gasteiger partial charge in [0.25, 0.3) is 0 Å². The molecule has 0 unspecified atom stereocenters. The van der Waals surface area contributed by atoms with E-state index in [2.05, 4.69) is 43.0 Å². The van der Waals surface area contributed by atoms with Gasteiger partial charge in [-0.2, -0.15) is 0 Å². The molecule has 0 aliphatic carbocycles. The van der Waals surface area contributed by atoms with Crippen LogP contribution in [0.1, 0.15) is 25.8 Å². The minimum Gasteiger partial charge on any atom is -0.388 e. The van der Waals surface area contributed by atoms with Crippen LogP contribution in [0.5, 0.6) is 0 Å². The molecule has 3 N–H and O–H groups in total. The third-order valence-corrected chi connectivity index (χ3v) is 2.93. The van der Waals surface area contributed by atoms with Crippen molar-refractivity contribution in [3.63, 3.8) is 0 Å². The summed E-state index contributed by atoms with van der Waals surface area (Å²) in [6.07, 6.45) is 1.71. The van der Waals surface area contributed by atoms with E-state index in [1.54, 1.807) is 0 Å². The summed E-state index contributed by atoms with van der Waals surface area (Å²) in [7, 11) is 0. The fraction of sp³-hybridized carbons (Fsp3) is 0.500. The van der Waals surface area contributed by atoms with E-state index in [-0.39, 0.29) is 5.84 Å². The van der Waals surface area contributed by atoms with Crippen LogP contribution in [0.25, 0.3) is 0 Å². The Kier molecular flexibility index (Phi) is 5.70. The maximum Gasteiger partial charge on any atom is 0.0918 e. The molecule has 0 spiro atoms. The quantitative estimate of drug-likeness (QED) is 0.560. The molecule has 1 aromatic carbocycles. The Morgan fingerprint density at radius 2 is 1.88 bits per heavy atom. The van der Waals surface area contributed by atoms with Gasteiger partial charge in [-0.15, -0.1) is 0 Å². The molecule has 0 amide bonds. The third kappa shape index (κ3) is 5.50. The van der Waals surface area contributed by atoms with Gasteiger partial charge in [0, 0.05) is 25.6 Å². The zero-order chi connectivity index (χ0) is 12.7. The fourth-order valence-corrected chi connectivity index (χ4v) is 1.81. The largest absolute Gasteiger partial charge is 0.388 e. The highest BCUT2D eigenvalue weighted by molar-refractivity contribution is 5.76. The number of rotatable bonds is 7. The van der Waals surface area contributed by atoms with Crippen LogP contribution < -0.4 is 5.73 Å². The van der Waals surface area contributed by atoms with Gasteiger partial charge < -0.3 is 10.6 Å². The highest BCUT2D eigenvalue weighted by Gasteiger charge is 2.09. The summed E-state index contributed by atoms with van der Waals surface area (Å²) in [5, 5.41) is 7.28. The molecular formula is C14H23N3. The highest BCUT2D eigenvalue weighted by Crippen LogP contribution is 2.05. The Labute approximate surface area is 104 Å². The van der Waals surface area contributed by atoms with Gasteiger partial charge in [-0.1, -0.05) is 30.3 Å². The first-order chi connectivity index (χ1) is 8.09. The van der Waals surface area contributed by atoms with E-state index in [4.69, 9.17) is 11.1 Å². The van der Waals surface area contributed by atoms with Crippen molar-refractivity contribution in [1.29, 1.82) is 5.41 Å². The van der Waals surface area contributed by atoms with Crippen molar-refractivity contribution >= 4 is 5.84 Å². The van der Waals surface area contributed by atoms with E-state index in [0.29, 0.717) is 12.5 Å². The van der Waals surface area contributed by atoms with Gasteiger partial charge in [-0.3, -0.25) is 5.41 Å². The van der Waals surface area contributed by atoms with Crippen molar-refractivity contribution in [1.82, 2.24) is 4.90 Å². The fourth-order valence-electron chi connectivity index (χ4n) is 1.81. The first-order valence-corrected chi connectivity index (χ1v) is 6.20. The molecule has 0 aliphatic heterocycles. The van der Waals surface area contributed by atoms with Crippen LogP contribution in [0, 0.1) is 5.41 Å². The van der Waals surface area contributed by atoms with Crippen molar-refractivity contribution in [2.75, 3.05) is 13.1 Å². The van der Waals surface area contributed by atoms with Gasteiger partial charge in [-0.05, 0) is 25.8 Å². The molecule has 94 valence electrons. The van der Waals surface area contributed by atoms with Gasteiger partial charge in [0.2, 0.25) is 0 Å². The van der Waals surface area contributed by atoms with Crippen LogP contribution >= 0.6 is 0 Å². The Morgan fingerprint density at radius 1 is 1.24 bits per heavy atom. The van der Waals surface area contributed by atoms with Gasteiger partial charge in [-0.25, -0.2) is 0 Å². The summed E-state index contributed by atoms with van der Waals surface area (Å²) in [6.45, 7) is 6.27. The zero-order valence-corrected chi connectivity index (χ0v) is 10.8. The molecule has 0 bridgehead atoms. The Morgan fingerprint density at radius 3 is 2.41 bits per heavy atom. The minimum atomic E-state index is 0.273. The van der Waals surface area contributed by atoms with Crippen molar-refractivity contribution in [3.8, 4) is 0 Å². The van der Waals surface area contributed by atoms with Crippen molar-refractivity contribution in [3.05, 3.63) is 35.9 Å². The van der Waals surface area contributed by atoms with Gasteiger partial charge in [0.15, 0.2) is 0 Å². The standard InChI is InChI=1S/C14H23N3/c1-12(2)17(11-9-14(15)16)10-8-13-6-4-3-5-7-13/h3-7,12H,8-11H2,1-2H3,(H3,15,16). The maximum atomic E-state index is 7.28. The molecule has 1 aromatic rings. The smallest absolute Gasteiger partial charge is 0.0918 e. The van der Waals surface area contributed by atoms with E-state index >= 15 is 0 Å². The molecule has 1 rings (SSSR count). The molecule has 0 radical (unpaired) electrons. The summed E-state index contributed by atoms with van der Waals surface area (Å²) < 4.78 is 0. The first kappa shape index (κ1) is 13.7. The second-order valence-corrected chi connectivity index (χ2v) is 4.64. The van der Waals surface area contributed by atoms with Gasteiger partial charge >= 0.3 is 0 Å². The highest BCUT2D eigenvalue weighted by atomic mass is 15.1. The molecule has 0 aromatic heterocycles. The van der Waals surface area contributed by atoms with Crippen LogP contribution in [-0.2, 0) is 6.42 Å². The lowest BCUT2D eigenvalue weighted by Crippen LogP contribution is -2.35. The van der Waals surface area contributed by atoms with Crippen molar-refractivity contribution in [2.24, 2.45) is 5.73 Å². The van der Waals surface area contributed by atoms with Gasteiger partial charge in [0.05, 0.1) is 5.84 Å². The first-order valence-electron chi connectivity index (χ1n) is 6.20. The molecule has 0 atom stereocenters. The van der Waals surface area contributed by atoms with E-state index in [1.165, 1.54) is 5.56 Å². The van der Waals surface area contributed by atoms with Crippen LogP contribution in [0.15, 0.2) is 30.3 Å². The Bertz CT molecular complexity index is 333. The lowest BCUT2D eigenvalue weighted by Gasteiger charge is -2.26. The molecule has 0 aliphatic rings. The number of benzene rings is 1. The predicted octanol–water partition coefficient (Wildman–Crippen LogP) is 2.27. The minimum absolute atomic E-state index is 0.273. The monoisotopic (exact) mass is 233 g/mol. The number of amidine groups is 1. The Balaban J connectivity index is 2.42. The maximum absolute atomic E-state index is 7.28. The third-order valence-electron chi connectivity index (χ3n) is 2.93. The van der Waals surface area contributed by atoms with Crippen molar-refractivity contribution < 1.29 is 0 Å². The normalized spacial score (nSPS) is 11.1. The van der Waals surface area contributed by atoms with Crippen LogP contribution in [0.4, 0.5) is 0 Å². The van der Waals surface area contributed by atoms with Crippen LogP contribution in [0.2, 0.25) is 0 Å². The van der Waals surface area contributed by atoms with E-state index in [1.807, 2.05) is 6.07 Å². The van der Waals surface area contributed by atoms with E-state index in [0.717, 1.165) is 19.5 Å². The second-order valence-electron chi connectivity index (χ2n) is 4.64. The van der Waals surface area contributed by atoms with Gasteiger partial charge in [0.1, 0.15) is 0 Å². The average molecular weight is 233 g/mol. The number of nitrogens with two attached hydrogens (primary N) is 1. The summed E-state index contributed by atoms with van der Waals surface area (Å²) in [6, 6.07) is 11.0. The van der Waals surface area contributed by atoms with Crippen molar-refractivity contribution in [2.45, 2.75) is 32.7 Å². The Hall–Kier alpha value is -1.35. The van der Waals surface area contributed by atoms with Crippen LogP contribution in [0.3, 0.4) is 0 Å². The molecule has 0 heterocycles. The lowest BCUT2D eigenvalue weighted by atomic mass is 10.1. The molecule has 0 saturated carbocycles. The number of nitrogens with one attached hydrogen (secondary N) is 1. The molecule has 17 heavy (non-hydrogen) atoms. The van der Waals surface area contributed by atoms with E-state index < -0.39 is 0 Å². The topological polar surface area (TPSA) is 53.1 Å². The number of hydrogen-bond donors (Lipinski definition) is 2. The summed E-state index contributed by atoms with van der Waals surface area (Å²) in [5.74, 6) is 0.273. The average Bonchev–Trinajstić information content (AvgIpc) is 2.29. The number of hydrogen-bond acceptors (Lipinski definition) is 2. The molecule has 0 saturated heterocycles. The number of nitrogens with zero attached hydrogens (tertiary/aromatic N) is 1. The van der Waals surface area contributed by atoms with E-state index in [9.17, 15) is 0 Å². The summed E-state index contributed by atoms with van der Waals surface area (Å²) in [4.78, 5) is 2.37. The molecular weight excluding hydrogens is 210 g/mol. The molecule has 3 nitrogen and oxygen atoms in total. The second kappa shape index (κ2) is 7.07. The predicted molar refractivity (Wildman–Crippen MR) is 73.4 cm³/mol. The van der Waals surface area contributed by atoms with Crippen LogP contribution in [-0.4, -0.2) is 29.9 Å². The zero-order valence-electron chi connectivity index (χ0n) is 10.8. The SMILES string of the molecule is CC(C)N(CCC(=N)N)CCc1ccccc1. The summed E-state index contributed by atoms with van der Waals surface area (Å²) in [5.41, 5.74) is 6.77. The lowest BCUT2D eigenvalue weighted by molar-refractivity contribution is 0.230. The summed E-state index contributed by atoms with van der Waals surface area (Å²) >= 11 is 0. The molecule has 3 heteroatoms.